The van der Waals surface area contributed by atoms with E-state index in [9.17, 15) is 32.7 Å². The van der Waals surface area contributed by atoms with E-state index >= 15 is 0 Å². The van der Waals surface area contributed by atoms with Crippen LogP contribution >= 0.6 is 0 Å². The first-order chi connectivity index (χ1) is 14.8. The van der Waals surface area contributed by atoms with Crippen LogP contribution in [0.25, 0.3) is 0 Å². The standard InChI is InChI=1S/C19H23N5O7S/c1-10-16(17(26)22-14-7-12(8-20)5-6-13(14)21-10)24(15(25)9-32(4,30)31)18(27)11(2)23(3)19(28)29/h5-7,10-11,16,21H,9H2,1-4H3,(H,22,26)(H,28,29)/t10-,11-,16-/m0/s1. The number of nitrogens with zero attached hydrogens (tertiary/aromatic N) is 3. The van der Waals surface area contributed by atoms with E-state index in [2.05, 4.69) is 10.6 Å². The third kappa shape index (κ3) is 5.33. The minimum atomic E-state index is -3.87. The normalized spacial score (nSPS) is 18.7. The molecule has 1 heterocycles. The summed E-state index contributed by atoms with van der Waals surface area (Å²) in [5, 5.41) is 23.8. The van der Waals surface area contributed by atoms with Crippen LogP contribution in [0.15, 0.2) is 18.2 Å². The van der Waals surface area contributed by atoms with Gasteiger partial charge in [0.2, 0.25) is 11.8 Å². The lowest BCUT2D eigenvalue weighted by atomic mass is 10.1. The second-order valence-electron chi connectivity index (χ2n) is 7.48. The number of benzene rings is 1. The average Bonchev–Trinajstić information content (AvgIpc) is 2.80. The molecular weight excluding hydrogens is 442 g/mol. The number of nitrogens with one attached hydrogen (secondary N) is 2. The van der Waals surface area contributed by atoms with Crippen LogP contribution in [0.5, 0.6) is 0 Å². The predicted octanol–water partition coefficient (Wildman–Crippen LogP) is 0.0775. The summed E-state index contributed by atoms with van der Waals surface area (Å²) in [6, 6.07) is 2.62. The maximum Gasteiger partial charge on any atom is 0.407 e. The lowest BCUT2D eigenvalue weighted by molar-refractivity contribution is -0.152. The number of fused-ring (bicyclic) bond motifs is 1. The Labute approximate surface area is 184 Å². The number of carbonyl (C=O) groups excluding carboxylic acids is 3. The molecule has 32 heavy (non-hydrogen) atoms. The molecule has 0 saturated heterocycles. The quantitative estimate of drug-likeness (QED) is 0.543. The Morgan fingerprint density at radius 1 is 1.28 bits per heavy atom. The number of hydrogen-bond acceptors (Lipinski definition) is 8. The molecule has 0 saturated carbocycles. The lowest BCUT2D eigenvalue weighted by Crippen LogP contribution is -2.61. The minimum Gasteiger partial charge on any atom is -0.465 e. The van der Waals surface area contributed by atoms with Gasteiger partial charge in [-0.3, -0.25) is 24.2 Å². The van der Waals surface area contributed by atoms with E-state index in [-0.39, 0.29) is 11.3 Å². The smallest absolute Gasteiger partial charge is 0.407 e. The zero-order valence-electron chi connectivity index (χ0n) is 17.8. The van der Waals surface area contributed by atoms with Crippen molar-refractivity contribution in [2.45, 2.75) is 32.0 Å². The van der Waals surface area contributed by atoms with Crippen LogP contribution in [-0.4, -0.2) is 84.3 Å². The number of anilines is 2. The van der Waals surface area contributed by atoms with Crippen molar-refractivity contribution in [3.63, 3.8) is 0 Å². The molecule has 4 amide bonds. The molecule has 1 aliphatic rings. The molecule has 13 heteroatoms. The highest BCUT2D eigenvalue weighted by Crippen LogP contribution is 2.29. The summed E-state index contributed by atoms with van der Waals surface area (Å²) in [4.78, 5) is 51.5. The molecule has 0 spiro atoms. The largest absolute Gasteiger partial charge is 0.465 e. The molecule has 0 unspecified atom stereocenters. The Hall–Kier alpha value is -3.66. The first-order valence-electron chi connectivity index (χ1n) is 9.37. The molecule has 2 rings (SSSR count). The van der Waals surface area contributed by atoms with Crippen molar-refractivity contribution in [3.05, 3.63) is 23.8 Å². The van der Waals surface area contributed by atoms with Crippen LogP contribution < -0.4 is 10.6 Å². The van der Waals surface area contributed by atoms with Crippen LogP contribution in [0.1, 0.15) is 19.4 Å². The van der Waals surface area contributed by atoms with Crippen LogP contribution in [0.4, 0.5) is 16.2 Å². The highest BCUT2D eigenvalue weighted by atomic mass is 32.2. The van der Waals surface area contributed by atoms with Gasteiger partial charge < -0.3 is 15.7 Å². The Kier molecular flexibility index (Phi) is 7.10. The second kappa shape index (κ2) is 9.23. The van der Waals surface area contributed by atoms with E-state index in [0.717, 1.165) is 13.3 Å². The minimum absolute atomic E-state index is 0.238. The Morgan fingerprint density at radius 3 is 2.44 bits per heavy atom. The molecule has 12 nitrogen and oxygen atoms in total. The molecule has 1 aromatic rings. The lowest BCUT2D eigenvalue weighted by Gasteiger charge is -2.35. The molecule has 0 aliphatic carbocycles. The number of sulfone groups is 1. The molecule has 1 aromatic carbocycles. The highest BCUT2D eigenvalue weighted by molar-refractivity contribution is 7.91. The Balaban J connectivity index is 2.53. The van der Waals surface area contributed by atoms with Crippen LogP contribution in [-0.2, 0) is 24.2 Å². The molecule has 3 atom stereocenters. The van der Waals surface area contributed by atoms with Gasteiger partial charge >= 0.3 is 6.09 Å². The van der Waals surface area contributed by atoms with E-state index < -0.39 is 57.5 Å². The van der Waals surface area contributed by atoms with Gasteiger partial charge in [-0.15, -0.1) is 0 Å². The predicted molar refractivity (Wildman–Crippen MR) is 113 cm³/mol. The van der Waals surface area contributed by atoms with E-state index in [1.54, 1.807) is 6.07 Å². The molecule has 0 bridgehead atoms. The number of rotatable bonds is 5. The molecule has 3 N–H and O–H groups in total. The third-order valence-electron chi connectivity index (χ3n) is 4.94. The molecule has 0 fully saturated rings. The molecule has 1 aliphatic heterocycles. The van der Waals surface area contributed by atoms with Crippen LogP contribution in [0.2, 0.25) is 0 Å². The molecule has 0 aromatic heterocycles. The van der Waals surface area contributed by atoms with Crippen molar-refractivity contribution in [3.8, 4) is 6.07 Å². The maximum atomic E-state index is 13.1. The van der Waals surface area contributed by atoms with Gasteiger partial charge in [-0.1, -0.05) is 0 Å². The second-order valence-corrected chi connectivity index (χ2v) is 9.62. The van der Waals surface area contributed by atoms with E-state index in [1.807, 2.05) is 6.07 Å². The SMILES string of the molecule is C[C@@H]1Nc2ccc(C#N)cc2NC(=O)[C@H]1N(C(=O)CS(C)(=O)=O)C(=O)[C@H](C)N(C)C(=O)O. The summed E-state index contributed by atoms with van der Waals surface area (Å²) in [6.45, 7) is 2.73. The summed E-state index contributed by atoms with van der Waals surface area (Å²) in [5.74, 6) is -4.08. The van der Waals surface area contributed by atoms with Gasteiger partial charge in [-0.25, -0.2) is 13.2 Å². The number of carboxylic acid groups (broad SMARTS) is 1. The zero-order valence-corrected chi connectivity index (χ0v) is 18.6. The highest BCUT2D eigenvalue weighted by Gasteiger charge is 2.43. The van der Waals surface area contributed by atoms with Crippen molar-refractivity contribution >= 4 is 45.0 Å². The molecule has 172 valence electrons. The van der Waals surface area contributed by atoms with E-state index in [4.69, 9.17) is 5.26 Å². The number of likely N-dealkylation sites (N-methyl/N-ethyl adjacent to an activating group) is 1. The van der Waals surface area contributed by atoms with E-state index in [1.165, 1.54) is 26.0 Å². The van der Waals surface area contributed by atoms with Gasteiger partial charge in [0.05, 0.1) is 29.0 Å². The van der Waals surface area contributed by atoms with Gasteiger partial charge in [-0.2, -0.15) is 5.26 Å². The summed E-state index contributed by atoms with van der Waals surface area (Å²) >= 11 is 0. The number of amides is 4. The fraction of sp³-hybridized carbons (Fsp3) is 0.421. The average molecular weight is 465 g/mol. The first-order valence-corrected chi connectivity index (χ1v) is 11.4. The Bertz CT molecular complexity index is 1110. The number of imide groups is 1. The van der Waals surface area contributed by atoms with Crippen LogP contribution in [0.3, 0.4) is 0 Å². The van der Waals surface area contributed by atoms with Crippen molar-refractivity contribution in [1.29, 1.82) is 5.26 Å². The maximum absolute atomic E-state index is 13.1. The first kappa shape index (κ1) is 24.6. The number of nitriles is 1. The van der Waals surface area contributed by atoms with Crippen molar-refractivity contribution < 1.29 is 32.7 Å². The fourth-order valence-electron chi connectivity index (χ4n) is 3.18. The van der Waals surface area contributed by atoms with Crippen molar-refractivity contribution in [1.82, 2.24) is 9.80 Å². The van der Waals surface area contributed by atoms with Crippen LogP contribution in [0, 0.1) is 11.3 Å². The third-order valence-corrected chi connectivity index (χ3v) is 5.71. The zero-order chi connectivity index (χ0) is 24.4. The van der Waals surface area contributed by atoms with Crippen molar-refractivity contribution in [2.24, 2.45) is 0 Å². The van der Waals surface area contributed by atoms with Gasteiger partial charge in [0.1, 0.15) is 17.8 Å². The number of carbonyl (C=O) groups is 4. The monoisotopic (exact) mass is 465 g/mol. The number of hydrogen-bond donors (Lipinski definition) is 3. The van der Waals surface area contributed by atoms with Gasteiger partial charge in [0.25, 0.3) is 5.91 Å². The van der Waals surface area contributed by atoms with Crippen molar-refractivity contribution in [2.75, 3.05) is 29.7 Å². The summed E-state index contributed by atoms with van der Waals surface area (Å²) < 4.78 is 23.5. The molecular formula is C19H23N5O7S. The van der Waals surface area contributed by atoms with Gasteiger partial charge in [0.15, 0.2) is 9.84 Å². The van der Waals surface area contributed by atoms with E-state index in [0.29, 0.717) is 15.5 Å². The summed E-state index contributed by atoms with van der Waals surface area (Å²) in [5.41, 5.74) is 0.919. The fourth-order valence-corrected chi connectivity index (χ4v) is 3.77. The summed E-state index contributed by atoms with van der Waals surface area (Å²) in [6.07, 6.45) is -0.650. The van der Waals surface area contributed by atoms with Gasteiger partial charge in [-0.05, 0) is 32.0 Å². The molecule has 0 radical (unpaired) electrons. The summed E-state index contributed by atoms with van der Waals surface area (Å²) in [7, 11) is -2.76. The van der Waals surface area contributed by atoms with Gasteiger partial charge in [0, 0.05) is 13.3 Å². The topological polar surface area (TPSA) is 177 Å². The Morgan fingerprint density at radius 2 is 1.91 bits per heavy atom.